The Labute approximate surface area is 176 Å². The van der Waals surface area contributed by atoms with Gasteiger partial charge >= 0.3 is 5.63 Å². The van der Waals surface area contributed by atoms with Gasteiger partial charge in [-0.25, -0.2) is 4.79 Å². The summed E-state index contributed by atoms with van der Waals surface area (Å²) in [6, 6.07) is 21.8. The van der Waals surface area contributed by atoms with Crippen LogP contribution in [0.2, 0.25) is 0 Å². The Kier molecular flexibility index (Phi) is 5.40. The summed E-state index contributed by atoms with van der Waals surface area (Å²) in [5, 5.41) is 14.4. The van der Waals surface area contributed by atoms with Crippen LogP contribution in [0.15, 0.2) is 94.2 Å². The van der Waals surface area contributed by atoms with Crippen LogP contribution >= 0.6 is 0 Å². The maximum absolute atomic E-state index is 12.4. The van der Waals surface area contributed by atoms with Crippen LogP contribution in [0.1, 0.15) is 5.56 Å². The molecule has 0 aliphatic rings. The van der Waals surface area contributed by atoms with Gasteiger partial charge in [-0.2, -0.15) is 0 Å². The first-order chi connectivity index (χ1) is 15.0. The average Bonchev–Trinajstić information content (AvgIpc) is 2.77. The van der Waals surface area contributed by atoms with Crippen molar-refractivity contribution in [2.24, 2.45) is 0 Å². The molecule has 0 fully saturated rings. The summed E-state index contributed by atoms with van der Waals surface area (Å²) in [6.45, 7) is 0. The largest absolute Gasteiger partial charge is 0.422 e. The van der Waals surface area contributed by atoms with E-state index in [1.807, 2.05) is 12.1 Å². The van der Waals surface area contributed by atoms with Crippen molar-refractivity contribution in [2.45, 2.75) is 0 Å². The zero-order valence-electron chi connectivity index (χ0n) is 16.1. The van der Waals surface area contributed by atoms with E-state index in [0.29, 0.717) is 28.0 Å². The lowest BCUT2D eigenvalue weighted by Gasteiger charge is -2.06. The third kappa shape index (κ3) is 4.56. The van der Waals surface area contributed by atoms with Gasteiger partial charge in [0.15, 0.2) is 0 Å². The fraction of sp³-hybridized carbons (Fsp3) is 0. The number of benzene rings is 3. The molecule has 1 N–H and O–H groups in total. The maximum atomic E-state index is 12.4. The third-order valence-corrected chi connectivity index (χ3v) is 4.59. The first-order valence-corrected chi connectivity index (χ1v) is 9.36. The van der Waals surface area contributed by atoms with E-state index in [0.717, 1.165) is 5.39 Å². The Morgan fingerprint density at radius 1 is 0.968 bits per heavy atom. The number of non-ortho nitro benzene ring substituents is 1. The van der Waals surface area contributed by atoms with Crippen LogP contribution in [0.3, 0.4) is 0 Å². The minimum absolute atomic E-state index is 0.0514. The highest BCUT2D eigenvalue weighted by atomic mass is 16.6. The van der Waals surface area contributed by atoms with Gasteiger partial charge < -0.3 is 9.73 Å². The zero-order valence-corrected chi connectivity index (χ0v) is 16.1. The number of rotatable bonds is 5. The second kappa shape index (κ2) is 8.46. The number of fused-ring (bicyclic) bond motifs is 1. The van der Waals surface area contributed by atoms with Crippen molar-refractivity contribution in [2.75, 3.05) is 5.32 Å². The summed E-state index contributed by atoms with van der Waals surface area (Å²) < 4.78 is 5.38. The van der Waals surface area contributed by atoms with Gasteiger partial charge in [-0.15, -0.1) is 0 Å². The molecule has 0 radical (unpaired) electrons. The number of para-hydroxylation sites is 1. The molecule has 31 heavy (non-hydrogen) atoms. The van der Waals surface area contributed by atoms with Gasteiger partial charge in [-0.1, -0.05) is 42.5 Å². The molecule has 0 saturated heterocycles. The molecule has 7 heteroatoms. The molecule has 0 saturated carbocycles. The number of nitrogens with zero attached hydrogens (tertiary/aromatic N) is 1. The lowest BCUT2D eigenvalue weighted by atomic mass is 10.1. The van der Waals surface area contributed by atoms with Crippen LogP contribution in [-0.2, 0) is 4.79 Å². The Morgan fingerprint density at radius 2 is 1.77 bits per heavy atom. The molecular formula is C24H16N2O5. The monoisotopic (exact) mass is 412 g/mol. The zero-order chi connectivity index (χ0) is 21.8. The predicted octanol–water partition coefficient (Wildman–Crippen LogP) is 5.02. The minimum atomic E-state index is -0.494. The smallest absolute Gasteiger partial charge is 0.344 e. The molecule has 4 aromatic rings. The summed E-state index contributed by atoms with van der Waals surface area (Å²) >= 11 is 0. The van der Waals surface area contributed by atoms with Crippen molar-refractivity contribution in [3.63, 3.8) is 0 Å². The van der Waals surface area contributed by atoms with Gasteiger partial charge in [0.1, 0.15) is 5.58 Å². The topological polar surface area (TPSA) is 102 Å². The van der Waals surface area contributed by atoms with Crippen LogP contribution in [0.25, 0.3) is 28.2 Å². The summed E-state index contributed by atoms with van der Waals surface area (Å²) in [7, 11) is 0. The highest BCUT2D eigenvalue weighted by molar-refractivity contribution is 6.02. The number of hydrogen-bond donors (Lipinski definition) is 1. The van der Waals surface area contributed by atoms with E-state index in [2.05, 4.69) is 5.32 Å². The molecule has 152 valence electrons. The molecule has 0 atom stereocenters. The van der Waals surface area contributed by atoms with Gasteiger partial charge in [0.05, 0.1) is 10.5 Å². The van der Waals surface area contributed by atoms with E-state index >= 15 is 0 Å². The molecule has 7 nitrogen and oxygen atoms in total. The summed E-state index contributed by atoms with van der Waals surface area (Å²) in [4.78, 5) is 35.0. The van der Waals surface area contributed by atoms with Gasteiger partial charge in [-0.3, -0.25) is 14.9 Å². The Morgan fingerprint density at radius 3 is 2.61 bits per heavy atom. The minimum Gasteiger partial charge on any atom is -0.422 e. The van der Waals surface area contributed by atoms with E-state index in [4.69, 9.17) is 4.42 Å². The lowest BCUT2D eigenvalue weighted by Crippen LogP contribution is -2.08. The summed E-state index contributed by atoms with van der Waals surface area (Å²) in [6.07, 6.45) is 2.78. The summed E-state index contributed by atoms with van der Waals surface area (Å²) in [5.74, 6) is -0.408. The fourth-order valence-electron chi connectivity index (χ4n) is 3.13. The highest BCUT2D eigenvalue weighted by Crippen LogP contribution is 2.23. The van der Waals surface area contributed by atoms with Crippen LogP contribution in [-0.4, -0.2) is 10.8 Å². The molecule has 1 heterocycles. The van der Waals surface area contributed by atoms with E-state index in [1.165, 1.54) is 24.3 Å². The molecule has 1 aromatic heterocycles. The SMILES string of the molecule is O=C(C=Cc1cccc([N+](=O)[O-])c1)Nc1cccc(-c2cc3ccccc3oc2=O)c1. The number of anilines is 1. The quantitative estimate of drug-likeness (QED) is 0.215. The number of nitrogens with one attached hydrogen (secondary N) is 1. The van der Waals surface area contributed by atoms with E-state index in [1.54, 1.807) is 54.6 Å². The number of nitro benzene ring substituents is 1. The molecule has 0 bridgehead atoms. The van der Waals surface area contributed by atoms with Crippen molar-refractivity contribution in [1.82, 2.24) is 0 Å². The molecule has 1 amide bonds. The van der Waals surface area contributed by atoms with Crippen LogP contribution in [0, 0.1) is 10.1 Å². The second-order valence-corrected chi connectivity index (χ2v) is 6.74. The fourth-order valence-corrected chi connectivity index (χ4v) is 3.13. The van der Waals surface area contributed by atoms with Crippen molar-refractivity contribution >= 4 is 34.3 Å². The molecule has 0 aliphatic carbocycles. The van der Waals surface area contributed by atoms with Crippen molar-refractivity contribution in [3.8, 4) is 11.1 Å². The van der Waals surface area contributed by atoms with Crippen molar-refractivity contribution < 1.29 is 14.1 Å². The van der Waals surface area contributed by atoms with Crippen LogP contribution < -0.4 is 10.9 Å². The standard InChI is InChI=1S/C24H16N2O5/c27-23(12-11-16-5-3-9-20(13-16)26(29)30)25-19-8-4-7-17(14-19)21-15-18-6-1-2-10-22(18)31-24(21)28/h1-15H,(H,25,27). The number of carbonyl (C=O) groups is 1. The Bertz CT molecular complexity index is 1390. The third-order valence-electron chi connectivity index (χ3n) is 4.59. The molecular weight excluding hydrogens is 396 g/mol. The van der Waals surface area contributed by atoms with Crippen molar-refractivity contribution in [3.05, 3.63) is 111 Å². The maximum Gasteiger partial charge on any atom is 0.344 e. The number of nitro groups is 1. The van der Waals surface area contributed by atoms with Gasteiger partial charge in [-0.05, 0) is 41.5 Å². The highest BCUT2D eigenvalue weighted by Gasteiger charge is 2.09. The first-order valence-electron chi connectivity index (χ1n) is 9.36. The number of hydrogen-bond acceptors (Lipinski definition) is 5. The Balaban J connectivity index is 1.54. The van der Waals surface area contributed by atoms with Crippen molar-refractivity contribution in [1.29, 1.82) is 0 Å². The molecule has 0 unspecified atom stereocenters. The lowest BCUT2D eigenvalue weighted by molar-refractivity contribution is -0.384. The van der Waals surface area contributed by atoms with Gasteiger partial charge in [0.25, 0.3) is 5.69 Å². The van der Waals surface area contributed by atoms with Gasteiger partial charge in [0, 0.05) is 29.3 Å². The number of carbonyl (C=O) groups excluding carboxylic acids is 1. The van der Waals surface area contributed by atoms with Crippen LogP contribution in [0.4, 0.5) is 11.4 Å². The molecule has 3 aromatic carbocycles. The second-order valence-electron chi connectivity index (χ2n) is 6.74. The number of amides is 1. The predicted molar refractivity (Wildman–Crippen MR) is 119 cm³/mol. The van der Waals surface area contributed by atoms with Gasteiger partial charge in [0.2, 0.25) is 5.91 Å². The molecule has 0 spiro atoms. The Hall–Kier alpha value is -4.52. The van der Waals surface area contributed by atoms with E-state index in [9.17, 15) is 19.7 Å². The normalized spacial score (nSPS) is 11.0. The van der Waals surface area contributed by atoms with E-state index in [-0.39, 0.29) is 5.69 Å². The van der Waals surface area contributed by atoms with E-state index < -0.39 is 16.5 Å². The molecule has 0 aliphatic heterocycles. The average molecular weight is 412 g/mol. The summed E-state index contributed by atoms with van der Waals surface area (Å²) in [5.41, 5.74) is 2.02. The first kappa shape index (κ1) is 19.8. The van der Waals surface area contributed by atoms with Crippen LogP contribution in [0.5, 0.6) is 0 Å². The molecule has 4 rings (SSSR count).